The zero-order chi connectivity index (χ0) is 15.1. The van der Waals surface area contributed by atoms with Crippen molar-refractivity contribution < 1.29 is 0 Å². The Bertz CT molecular complexity index is 560. The topological polar surface area (TPSA) is 12.0 Å². The molecule has 0 saturated carbocycles. The number of halogens is 1. The molecule has 112 valence electrons. The summed E-state index contributed by atoms with van der Waals surface area (Å²) in [6.07, 6.45) is 3.47. The molecule has 0 saturated heterocycles. The first kappa shape index (κ1) is 16.1. The van der Waals surface area contributed by atoms with Gasteiger partial charge < -0.3 is 5.32 Å². The molecular formula is C19H24ClN. The van der Waals surface area contributed by atoms with E-state index in [-0.39, 0.29) is 0 Å². The molecule has 0 bridgehead atoms. The van der Waals surface area contributed by atoms with Crippen LogP contribution in [0.3, 0.4) is 0 Å². The summed E-state index contributed by atoms with van der Waals surface area (Å²) in [5.41, 5.74) is 5.17. The van der Waals surface area contributed by atoms with Crippen molar-refractivity contribution in [3.05, 3.63) is 58.6 Å². The van der Waals surface area contributed by atoms with Crippen LogP contribution in [0.5, 0.6) is 0 Å². The highest BCUT2D eigenvalue weighted by molar-refractivity contribution is 6.30. The Morgan fingerprint density at radius 3 is 2.38 bits per heavy atom. The maximum atomic E-state index is 6.19. The van der Waals surface area contributed by atoms with Crippen molar-refractivity contribution >= 4 is 11.6 Å². The SMILES string of the molecule is CCCNCc1ccc(Cl)cc1-c1ccc(CCC)cc1. The van der Waals surface area contributed by atoms with Gasteiger partial charge in [0, 0.05) is 11.6 Å². The van der Waals surface area contributed by atoms with Gasteiger partial charge in [-0.05, 0) is 53.8 Å². The molecule has 0 spiro atoms. The number of aryl methyl sites for hydroxylation is 1. The molecular weight excluding hydrogens is 278 g/mol. The molecule has 1 nitrogen and oxygen atoms in total. The maximum absolute atomic E-state index is 6.19. The average Bonchev–Trinajstić information content (AvgIpc) is 2.50. The summed E-state index contributed by atoms with van der Waals surface area (Å²) in [5.74, 6) is 0. The van der Waals surface area contributed by atoms with Gasteiger partial charge >= 0.3 is 0 Å². The summed E-state index contributed by atoms with van der Waals surface area (Å²) in [4.78, 5) is 0. The van der Waals surface area contributed by atoms with E-state index in [1.807, 2.05) is 6.07 Å². The van der Waals surface area contributed by atoms with Crippen molar-refractivity contribution in [2.45, 2.75) is 39.7 Å². The van der Waals surface area contributed by atoms with Crippen molar-refractivity contribution in [1.29, 1.82) is 0 Å². The van der Waals surface area contributed by atoms with Gasteiger partial charge in [0.15, 0.2) is 0 Å². The first-order chi connectivity index (χ1) is 10.2. The number of benzene rings is 2. The van der Waals surface area contributed by atoms with Gasteiger partial charge in [-0.2, -0.15) is 0 Å². The molecule has 0 unspecified atom stereocenters. The second kappa shape index (κ2) is 8.21. The second-order valence-corrected chi connectivity index (χ2v) is 5.86. The molecule has 0 fully saturated rings. The lowest BCUT2D eigenvalue weighted by atomic mass is 9.98. The van der Waals surface area contributed by atoms with Crippen LogP contribution in [0, 0.1) is 0 Å². The minimum Gasteiger partial charge on any atom is -0.313 e. The molecule has 0 radical (unpaired) electrons. The average molecular weight is 302 g/mol. The largest absolute Gasteiger partial charge is 0.313 e. The van der Waals surface area contributed by atoms with Crippen molar-refractivity contribution in [2.24, 2.45) is 0 Å². The van der Waals surface area contributed by atoms with Crippen LogP contribution in [-0.2, 0) is 13.0 Å². The number of hydrogen-bond donors (Lipinski definition) is 1. The molecule has 0 amide bonds. The fourth-order valence-corrected chi connectivity index (χ4v) is 2.68. The third-order valence-corrected chi connectivity index (χ3v) is 3.85. The molecule has 0 aromatic heterocycles. The Kier molecular flexibility index (Phi) is 6.28. The Labute approximate surface area is 133 Å². The van der Waals surface area contributed by atoms with Gasteiger partial charge in [-0.1, -0.05) is 62.2 Å². The van der Waals surface area contributed by atoms with Crippen LogP contribution in [0.4, 0.5) is 0 Å². The fourth-order valence-electron chi connectivity index (χ4n) is 2.51. The third-order valence-electron chi connectivity index (χ3n) is 3.62. The number of nitrogens with one attached hydrogen (secondary N) is 1. The lowest BCUT2D eigenvalue weighted by Gasteiger charge is -2.12. The van der Waals surface area contributed by atoms with Crippen LogP contribution in [0.1, 0.15) is 37.8 Å². The monoisotopic (exact) mass is 301 g/mol. The molecule has 2 heteroatoms. The van der Waals surface area contributed by atoms with Crippen LogP contribution >= 0.6 is 11.6 Å². The van der Waals surface area contributed by atoms with E-state index in [4.69, 9.17) is 11.6 Å². The van der Waals surface area contributed by atoms with Crippen molar-refractivity contribution in [2.75, 3.05) is 6.54 Å². The lowest BCUT2D eigenvalue weighted by molar-refractivity contribution is 0.676. The molecule has 0 aliphatic rings. The van der Waals surface area contributed by atoms with Gasteiger partial charge in [-0.25, -0.2) is 0 Å². The minimum absolute atomic E-state index is 0.793. The molecule has 0 heterocycles. The Balaban J connectivity index is 2.25. The Morgan fingerprint density at radius 1 is 0.952 bits per heavy atom. The minimum atomic E-state index is 0.793. The maximum Gasteiger partial charge on any atom is 0.0412 e. The van der Waals surface area contributed by atoms with Crippen LogP contribution in [-0.4, -0.2) is 6.54 Å². The molecule has 2 aromatic rings. The lowest BCUT2D eigenvalue weighted by Crippen LogP contribution is -2.14. The first-order valence-electron chi connectivity index (χ1n) is 7.83. The zero-order valence-corrected chi connectivity index (χ0v) is 13.7. The van der Waals surface area contributed by atoms with Crippen molar-refractivity contribution in [3.63, 3.8) is 0 Å². The van der Waals surface area contributed by atoms with Gasteiger partial charge in [0.2, 0.25) is 0 Å². The highest BCUT2D eigenvalue weighted by Crippen LogP contribution is 2.27. The zero-order valence-electron chi connectivity index (χ0n) is 13.0. The van der Waals surface area contributed by atoms with E-state index < -0.39 is 0 Å². The van der Waals surface area contributed by atoms with Crippen molar-refractivity contribution in [1.82, 2.24) is 5.32 Å². The van der Waals surface area contributed by atoms with E-state index in [1.165, 1.54) is 28.7 Å². The summed E-state index contributed by atoms with van der Waals surface area (Å²) < 4.78 is 0. The molecule has 2 rings (SSSR count). The van der Waals surface area contributed by atoms with E-state index in [0.717, 1.165) is 31.0 Å². The highest BCUT2D eigenvalue weighted by Gasteiger charge is 2.06. The molecule has 2 aromatic carbocycles. The molecule has 0 aliphatic heterocycles. The quantitative estimate of drug-likeness (QED) is 0.670. The third kappa shape index (κ3) is 4.59. The highest BCUT2D eigenvalue weighted by atomic mass is 35.5. The van der Waals surface area contributed by atoms with E-state index >= 15 is 0 Å². The summed E-state index contributed by atoms with van der Waals surface area (Å²) in [6.45, 7) is 6.32. The van der Waals surface area contributed by atoms with E-state index in [2.05, 4.69) is 55.6 Å². The van der Waals surface area contributed by atoms with Gasteiger partial charge in [0.1, 0.15) is 0 Å². The van der Waals surface area contributed by atoms with E-state index in [0.29, 0.717) is 0 Å². The first-order valence-corrected chi connectivity index (χ1v) is 8.20. The molecule has 0 aliphatic carbocycles. The van der Waals surface area contributed by atoms with Crippen LogP contribution in [0.15, 0.2) is 42.5 Å². The van der Waals surface area contributed by atoms with E-state index in [9.17, 15) is 0 Å². The van der Waals surface area contributed by atoms with Gasteiger partial charge in [-0.3, -0.25) is 0 Å². The van der Waals surface area contributed by atoms with Crippen LogP contribution in [0.2, 0.25) is 5.02 Å². The second-order valence-electron chi connectivity index (χ2n) is 5.43. The number of hydrogen-bond acceptors (Lipinski definition) is 1. The normalized spacial score (nSPS) is 10.8. The van der Waals surface area contributed by atoms with Crippen molar-refractivity contribution in [3.8, 4) is 11.1 Å². The standard InChI is InChI=1S/C19H24ClN/c1-3-5-15-6-8-16(9-7-15)19-13-18(20)11-10-17(19)14-21-12-4-2/h6-11,13,21H,3-5,12,14H2,1-2H3. The Morgan fingerprint density at radius 2 is 1.71 bits per heavy atom. The summed E-state index contributed by atoms with van der Waals surface area (Å²) in [5, 5.41) is 4.26. The van der Waals surface area contributed by atoms with Crippen LogP contribution in [0.25, 0.3) is 11.1 Å². The molecule has 21 heavy (non-hydrogen) atoms. The van der Waals surface area contributed by atoms with Gasteiger partial charge in [-0.15, -0.1) is 0 Å². The number of rotatable bonds is 7. The van der Waals surface area contributed by atoms with Gasteiger partial charge in [0.05, 0.1) is 0 Å². The molecule has 0 atom stereocenters. The predicted molar refractivity (Wildman–Crippen MR) is 92.9 cm³/mol. The van der Waals surface area contributed by atoms with Gasteiger partial charge in [0.25, 0.3) is 0 Å². The molecule has 1 N–H and O–H groups in total. The van der Waals surface area contributed by atoms with E-state index in [1.54, 1.807) is 0 Å². The summed E-state index contributed by atoms with van der Waals surface area (Å²) >= 11 is 6.19. The predicted octanol–water partition coefficient (Wildman–Crippen LogP) is 5.46. The summed E-state index contributed by atoms with van der Waals surface area (Å²) in [6, 6.07) is 15.0. The smallest absolute Gasteiger partial charge is 0.0412 e. The fraction of sp³-hybridized carbons (Fsp3) is 0.368. The van der Waals surface area contributed by atoms with Crippen LogP contribution < -0.4 is 5.32 Å². The summed E-state index contributed by atoms with van der Waals surface area (Å²) in [7, 11) is 0. The Hall–Kier alpha value is -1.31.